The summed E-state index contributed by atoms with van der Waals surface area (Å²) in [5.74, 6) is 2.35. The number of aliphatic imine (C=N–C) groups is 1. The number of H-pyrrole nitrogens is 1. The number of rotatable bonds is 12. The fourth-order valence-electron chi connectivity index (χ4n) is 9.19. The van der Waals surface area contributed by atoms with Crippen molar-refractivity contribution in [3.63, 3.8) is 0 Å². The SMILES string of the molecule is C=C1S/C(C)=C(/C)CC(c2ccc(Cl)cc2)=N[C@@H](CCNCC2CCN(C(=O)C3CCN(Cc4ccc(-n5c(-c6cc(C(C)C)c(O)cc6O)n[nH]c5=O)cc4)CC3)C2)c2nnc(C)n21. The normalized spacial score (nSPS) is 20.1. The van der Waals surface area contributed by atoms with Crippen molar-refractivity contribution in [2.75, 3.05) is 39.3 Å². The Balaban J connectivity index is 0.831. The van der Waals surface area contributed by atoms with Crippen LogP contribution in [-0.2, 0) is 11.3 Å². The van der Waals surface area contributed by atoms with E-state index in [0.717, 1.165) is 105 Å². The van der Waals surface area contributed by atoms with Gasteiger partial charge < -0.3 is 20.4 Å². The van der Waals surface area contributed by atoms with Gasteiger partial charge in [-0.15, -0.1) is 10.2 Å². The first-order valence-corrected chi connectivity index (χ1v) is 23.8. The van der Waals surface area contributed by atoms with E-state index in [9.17, 15) is 19.8 Å². The fourth-order valence-corrected chi connectivity index (χ4v) is 10.2. The van der Waals surface area contributed by atoms with Crippen molar-refractivity contribution in [3.8, 4) is 28.6 Å². The van der Waals surface area contributed by atoms with Crippen molar-refractivity contribution in [1.29, 1.82) is 0 Å². The molecule has 2 aromatic heterocycles. The van der Waals surface area contributed by atoms with Gasteiger partial charge in [-0.2, -0.15) is 5.10 Å². The molecular formula is C49H59ClN10O4S. The molecule has 0 radical (unpaired) electrons. The fraction of sp³-hybridized carbons (Fsp3) is 0.429. The predicted molar refractivity (Wildman–Crippen MR) is 259 cm³/mol. The second-order valence-corrected chi connectivity index (χ2v) is 19.7. The first-order valence-electron chi connectivity index (χ1n) is 22.6. The summed E-state index contributed by atoms with van der Waals surface area (Å²) in [5, 5.41) is 42.1. The molecule has 1 unspecified atom stereocenters. The molecule has 4 N–H and O–H groups in total. The van der Waals surface area contributed by atoms with E-state index >= 15 is 0 Å². The average Bonchev–Trinajstić information content (AvgIpc) is 4.03. The van der Waals surface area contributed by atoms with Crippen molar-refractivity contribution < 1.29 is 15.0 Å². The monoisotopic (exact) mass is 918 g/mol. The van der Waals surface area contributed by atoms with Crippen molar-refractivity contribution in [2.45, 2.75) is 85.2 Å². The summed E-state index contributed by atoms with van der Waals surface area (Å²) in [4.78, 5) is 37.7. The van der Waals surface area contributed by atoms with Crippen LogP contribution in [0.4, 0.5) is 0 Å². The molecule has 2 fully saturated rings. The molecule has 3 aliphatic rings. The van der Waals surface area contributed by atoms with Crippen LogP contribution in [-0.4, -0.2) is 100 Å². The Morgan fingerprint density at radius 2 is 1.71 bits per heavy atom. The van der Waals surface area contributed by atoms with Crippen LogP contribution in [0, 0.1) is 18.8 Å². The Labute approximate surface area is 389 Å². The Morgan fingerprint density at radius 1 is 0.969 bits per heavy atom. The molecule has 0 saturated carbocycles. The highest BCUT2D eigenvalue weighted by molar-refractivity contribution is 8.11. The van der Waals surface area contributed by atoms with E-state index in [2.05, 4.69) is 55.9 Å². The quantitative estimate of drug-likeness (QED) is 0.0892. The third kappa shape index (κ3) is 10.3. The minimum atomic E-state index is -0.429. The van der Waals surface area contributed by atoms with Crippen LogP contribution < -0.4 is 11.0 Å². The lowest BCUT2D eigenvalue weighted by atomic mass is 9.95. The lowest BCUT2D eigenvalue weighted by Crippen LogP contribution is -2.41. The van der Waals surface area contributed by atoms with Crippen LogP contribution >= 0.6 is 23.4 Å². The van der Waals surface area contributed by atoms with Gasteiger partial charge in [0.15, 0.2) is 11.6 Å². The number of nitrogens with zero attached hydrogens (tertiary/aromatic N) is 8. The number of phenols is 2. The van der Waals surface area contributed by atoms with Crippen LogP contribution in [0.5, 0.6) is 11.5 Å². The van der Waals surface area contributed by atoms with Gasteiger partial charge in [0.1, 0.15) is 23.4 Å². The minimum Gasteiger partial charge on any atom is -0.508 e. The largest absolute Gasteiger partial charge is 0.508 e. The molecule has 14 nitrogen and oxygen atoms in total. The maximum atomic E-state index is 13.8. The topological polar surface area (TPSA) is 170 Å². The van der Waals surface area contributed by atoms with Gasteiger partial charge in [-0.3, -0.25) is 19.3 Å². The van der Waals surface area contributed by atoms with Gasteiger partial charge in [0, 0.05) is 48.8 Å². The van der Waals surface area contributed by atoms with Gasteiger partial charge in [0.2, 0.25) is 5.91 Å². The van der Waals surface area contributed by atoms with E-state index in [0.29, 0.717) is 34.2 Å². The molecule has 1 amide bonds. The molecule has 5 heterocycles. The number of fused-ring (bicyclic) bond motifs is 1. The smallest absolute Gasteiger partial charge is 0.348 e. The first-order chi connectivity index (χ1) is 31.2. The number of aryl methyl sites for hydroxylation is 1. The van der Waals surface area contributed by atoms with Crippen molar-refractivity contribution in [3.05, 3.63) is 122 Å². The Hall–Kier alpha value is -5.48. The summed E-state index contributed by atoms with van der Waals surface area (Å²) < 4.78 is 3.47. The van der Waals surface area contributed by atoms with Crippen molar-refractivity contribution in [2.24, 2.45) is 16.8 Å². The summed E-state index contributed by atoms with van der Waals surface area (Å²) >= 11 is 7.92. The van der Waals surface area contributed by atoms with E-state index in [1.54, 1.807) is 17.8 Å². The number of piperidine rings is 1. The molecule has 2 saturated heterocycles. The zero-order valence-corrected chi connectivity index (χ0v) is 39.4. The zero-order valence-electron chi connectivity index (χ0n) is 37.9. The number of amides is 1. The highest BCUT2D eigenvalue weighted by Crippen LogP contribution is 2.39. The second kappa shape index (κ2) is 19.9. The number of aromatic hydroxyl groups is 2. The third-order valence-corrected chi connectivity index (χ3v) is 14.4. The molecule has 16 heteroatoms. The Bertz CT molecular complexity index is 2660. The van der Waals surface area contributed by atoms with E-state index in [4.69, 9.17) is 16.6 Å². The van der Waals surface area contributed by atoms with Gasteiger partial charge in [0.25, 0.3) is 0 Å². The van der Waals surface area contributed by atoms with Crippen LogP contribution in [0.3, 0.4) is 0 Å². The Morgan fingerprint density at radius 3 is 2.43 bits per heavy atom. The van der Waals surface area contributed by atoms with E-state index in [1.165, 1.54) is 21.1 Å². The van der Waals surface area contributed by atoms with Crippen molar-refractivity contribution in [1.82, 2.24) is 44.6 Å². The maximum Gasteiger partial charge on any atom is 0.348 e. The number of thioether (sulfide) groups is 1. The molecule has 0 spiro atoms. The highest BCUT2D eigenvalue weighted by Gasteiger charge is 2.33. The molecule has 0 aliphatic carbocycles. The van der Waals surface area contributed by atoms with Gasteiger partial charge in [-0.25, -0.2) is 14.5 Å². The van der Waals surface area contributed by atoms with Crippen LogP contribution in [0.15, 0.2) is 87.5 Å². The number of aromatic nitrogens is 6. The number of halogens is 1. The van der Waals surface area contributed by atoms with Crippen LogP contribution in [0.1, 0.15) is 100 Å². The molecule has 8 rings (SSSR count). The van der Waals surface area contributed by atoms with Gasteiger partial charge in [-0.1, -0.05) is 73.6 Å². The molecule has 0 bridgehead atoms. The zero-order chi connectivity index (χ0) is 45.9. The summed E-state index contributed by atoms with van der Waals surface area (Å²) in [6.07, 6.45) is 4.06. The van der Waals surface area contributed by atoms with E-state index in [-0.39, 0.29) is 41.1 Å². The number of carbonyl (C=O) groups excluding carboxylic acids is 1. The highest BCUT2D eigenvalue weighted by atomic mass is 35.5. The van der Waals surface area contributed by atoms with Gasteiger partial charge >= 0.3 is 5.69 Å². The number of aromatic amines is 1. The summed E-state index contributed by atoms with van der Waals surface area (Å²) in [5.41, 5.74) is 5.54. The number of carbonyl (C=O) groups is 1. The lowest BCUT2D eigenvalue weighted by Gasteiger charge is -2.33. The number of hydrogen-bond acceptors (Lipinski definition) is 11. The number of benzene rings is 3. The summed E-state index contributed by atoms with van der Waals surface area (Å²) in [7, 11) is 0. The number of phenolic OH excluding ortho intramolecular Hbond substituents is 2. The molecule has 5 aromatic rings. The molecule has 342 valence electrons. The standard InChI is InChI=1S/C49H59ClN10O4S/c1-29(2)40-24-41(45(62)25-44(40)61)46-54-56-49(64)60(46)39-13-7-34(8-14-39)27-57-20-17-37(18-21-57)48(63)58-22-16-35(28-58)26-51-19-15-42-47-55-53-32(5)59(47)33(6)65-31(4)30(3)23-43(52-42)36-9-11-38(50)12-10-36/h7-14,24-25,29,35,37,42,51,61-62H,6,15-23,26-28H2,1-5H3,(H,56,64)/b31-30-,52-43?/t35?,42-/m0/s1. The summed E-state index contributed by atoms with van der Waals surface area (Å²) in [6.45, 7) is 20.0. The third-order valence-electron chi connectivity index (χ3n) is 13.0. The van der Waals surface area contributed by atoms with E-state index in [1.807, 2.05) is 73.9 Å². The number of likely N-dealkylation sites (tertiary alicyclic amines) is 2. The first kappa shape index (κ1) is 46.1. The van der Waals surface area contributed by atoms with E-state index < -0.39 is 5.69 Å². The predicted octanol–water partition coefficient (Wildman–Crippen LogP) is 8.45. The number of allylic oxidation sites excluding steroid dienone is 2. The number of nitrogens with one attached hydrogen (secondary N) is 2. The number of hydrogen-bond donors (Lipinski definition) is 4. The Kier molecular flexibility index (Phi) is 14.1. The molecular weight excluding hydrogens is 860 g/mol. The molecule has 3 aromatic carbocycles. The molecule has 65 heavy (non-hydrogen) atoms. The second-order valence-electron chi connectivity index (χ2n) is 18.0. The maximum absolute atomic E-state index is 13.8. The van der Waals surface area contributed by atoms with Crippen molar-refractivity contribution >= 4 is 40.0 Å². The molecule has 3 aliphatic heterocycles. The molecule has 2 atom stereocenters. The van der Waals surface area contributed by atoms with Crippen LogP contribution in [0.2, 0.25) is 5.02 Å². The lowest BCUT2D eigenvalue weighted by molar-refractivity contribution is -0.136. The summed E-state index contributed by atoms with van der Waals surface area (Å²) in [6, 6.07) is 18.4. The minimum absolute atomic E-state index is 0.00204. The average molecular weight is 920 g/mol. The van der Waals surface area contributed by atoms with Gasteiger partial charge in [0.05, 0.1) is 16.3 Å². The van der Waals surface area contributed by atoms with Crippen LogP contribution in [0.25, 0.3) is 22.1 Å². The van der Waals surface area contributed by atoms with Gasteiger partial charge in [-0.05, 0) is 136 Å².